The van der Waals surface area contributed by atoms with E-state index in [1.807, 2.05) is 13.8 Å². The molecule has 0 bridgehead atoms. The summed E-state index contributed by atoms with van der Waals surface area (Å²) in [6.07, 6.45) is 0.406. The quantitative estimate of drug-likeness (QED) is 0.836. The second-order valence-corrected chi connectivity index (χ2v) is 4.49. The molecule has 0 aliphatic carbocycles. The SMILES string of the molecule is CCNC(C)CC(=O)Nc1cc(Cl)ccc1OC. The first-order chi connectivity index (χ1) is 8.56. The van der Waals surface area contributed by atoms with Gasteiger partial charge in [-0.05, 0) is 31.7 Å². The molecule has 0 saturated heterocycles. The Morgan fingerprint density at radius 1 is 1.50 bits per heavy atom. The van der Waals surface area contributed by atoms with Gasteiger partial charge in [0.1, 0.15) is 5.75 Å². The maximum absolute atomic E-state index is 11.8. The van der Waals surface area contributed by atoms with Crippen molar-refractivity contribution in [2.24, 2.45) is 0 Å². The van der Waals surface area contributed by atoms with Gasteiger partial charge in [-0.3, -0.25) is 4.79 Å². The molecule has 1 atom stereocenters. The smallest absolute Gasteiger partial charge is 0.226 e. The Morgan fingerprint density at radius 3 is 2.83 bits per heavy atom. The van der Waals surface area contributed by atoms with Crippen LogP contribution in [-0.2, 0) is 4.79 Å². The van der Waals surface area contributed by atoms with Gasteiger partial charge in [0.2, 0.25) is 5.91 Å². The summed E-state index contributed by atoms with van der Waals surface area (Å²) in [7, 11) is 1.56. The van der Waals surface area contributed by atoms with Crippen LogP contribution < -0.4 is 15.4 Å². The number of halogens is 1. The lowest BCUT2D eigenvalue weighted by atomic mass is 10.2. The number of methoxy groups -OCH3 is 1. The molecule has 0 radical (unpaired) electrons. The second-order valence-electron chi connectivity index (χ2n) is 4.06. The number of carbonyl (C=O) groups excluding carboxylic acids is 1. The monoisotopic (exact) mass is 270 g/mol. The van der Waals surface area contributed by atoms with Crippen molar-refractivity contribution < 1.29 is 9.53 Å². The summed E-state index contributed by atoms with van der Waals surface area (Å²) < 4.78 is 5.16. The molecule has 1 rings (SSSR count). The van der Waals surface area contributed by atoms with Gasteiger partial charge in [0.15, 0.2) is 0 Å². The summed E-state index contributed by atoms with van der Waals surface area (Å²) in [6, 6.07) is 5.26. The molecule has 2 N–H and O–H groups in total. The van der Waals surface area contributed by atoms with Crippen LogP contribution in [0.25, 0.3) is 0 Å². The molecule has 0 fully saturated rings. The van der Waals surface area contributed by atoms with E-state index in [1.165, 1.54) is 0 Å². The van der Waals surface area contributed by atoms with Crippen LogP contribution in [0.3, 0.4) is 0 Å². The predicted molar refractivity (Wildman–Crippen MR) is 74.4 cm³/mol. The molecule has 0 aliphatic rings. The number of rotatable bonds is 6. The molecule has 18 heavy (non-hydrogen) atoms. The van der Waals surface area contributed by atoms with E-state index in [4.69, 9.17) is 16.3 Å². The van der Waals surface area contributed by atoms with Crippen LogP contribution in [0.5, 0.6) is 5.75 Å². The van der Waals surface area contributed by atoms with Crippen LogP contribution >= 0.6 is 11.6 Å². The van der Waals surface area contributed by atoms with Crippen LogP contribution in [0.1, 0.15) is 20.3 Å². The summed E-state index contributed by atoms with van der Waals surface area (Å²) in [4.78, 5) is 11.8. The summed E-state index contributed by atoms with van der Waals surface area (Å²) in [5.74, 6) is 0.535. The van der Waals surface area contributed by atoms with Crippen molar-refractivity contribution in [1.29, 1.82) is 0 Å². The fourth-order valence-corrected chi connectivity index (χ4v) is 1.85. The number of carbonyl (C=O) groups is 1. The number of amides is 1. The van der Waals surface area contributed by atoms with Crippen LogP contribution in [0.4, 0.5) is 5.69 Å². The number of ether oxygens (including phenoxy) is 1. The van der Waals surface area contributed by atoms with Crippen molar-refractivity contribution >= 4 is 23.2 Å². The van der Waals surface area contributed by atoms with Gasteiger partial charge in [-0.25, -0.2) is 0 Å². The fourth-order valence-electron chi connectivity index (χ4n) is 1.68. The first-order valence-electron chi connectivity index (χ1n) is 5.93. The Balaban J connectivity index is 2.66. The minimum Gasteiger partial charge on any atom is -0.495 e. The zero-order valence-corrected chi connectivity index (χ0v) is 11.7. The molecule has 5 heteroatoms. The first-order valence-corrected chi connectivity index (χ1v) is 6.31. The third-order valence-electron chi connectivity index (χ3n) is 2.48. The predicted octanol–water partition coefficient (Wildman–Crippen LogP) is 2.68. The molecule has 100 valence electrons. The summed E-state index contributed by atoms with van der Waals surface area (Å²) in [6.45, 7) is 4.82. The lowest BCUT2D eigenvalue weighted by molar-refractivity contribution is -0.116. The molecule has 0 saturated carbocycles. The van der Waals surface area contributed by atoms with E-state index >= 15 is 0 Å². The van der Waals surface area contributed by atoms with E-state index in [2.05, 4.69) is 10.6 Å². The summed E-state index contributed by atoms with van der Waals surface area (Å²) in [5.41, 5.74) is 0.596. The molecule has 1 amide bonds. The fraction of sp³-hybridized carbons (Fsp3) is 0.462. The van der Waals surface area contributed by atoms with Crippen molar-refractivity contribution in [3.8, 4) is 5.75 Å². The number of nitrogens with one attached hydrogen (secondary N) is 2. The molecule has 0 spiro atoms. The Labute approximate surface area is 113 Å². The van der Waals surface area contributed by atoms with Gasteiger partial charge < -0.3 is 15.4 Å². The van der Waals surface area contributed by atoms with Crippen molar-refractivity contribution in [3.05, 3.63) is 23.2 Å². The third-order valence-corrected chi connectivity index (χ3v) is 2.71. The maximum Gasteiger partial charge on any atom is 0.226 e. The number of hydrogen-bond donors (Lipinski definition) is 2. The summed E-state index contributed by atoms with van der Waals surface area (Å²) >= 11 is 5.89. The molecule has 4 nitrogen and oxygen atoms in total. The Bertz CT molecular complexity index is 410. The molecule has 0 aromatic heterocycles. The number of hydrogen-bond acceptors (Lipinski definition) is 3. The van der Waals surface area contributed by atoms with Crippen LogP contribution in [0.15, 0.2) is 18.2 Å². The molecular formula is C13H19ClN2O2. The zero-order valence-electron chi connectivity index (χ0n) is 10.9. The van der Waals surface area contributed by atoms with Crippen LogP contribution in [0.2, 0.25) is 5.02 Å². The highest BCUT2D eigenvalue weighted by molar-refractivity contribution is 6.31. The number of benzene rings is 1. The van der Waals surface area contributed by atoms with Crippen molar-refractivity contribution in [1.82, 2.24) is 5.32 Å². The van der Waals surface area contributed by atoms with Crippen LogP contribution in [0, 0.1) is 0 Å². The van der Waals surface area contributed by atoms with E-state index in [-0.39, 0.29) is 11.9 Å². The number of anilines is 1. The van der Waals surface area contributed by atoms with E-state index in [0.717, 1.165) is 6.54 Å². The highest BCUT2D eigenvalue weighted by atomic mass is 35.5. The minimum absolute atomic E-state index is 0.0657. The molecular weight excluding hydrogens is 252 g/mol. The standard InChI is InChI=1S/C13H19ClN2O2/c1-4-15-9(2)7-13(17)16-11-8-10(14)5-6-12(11)18-3/h5-6,8-9,15H,4,7H2,1-3H3,(H,16,17). The van der Waals surface area contributed by atoms with Gasteiger partial charge in [-0.1, -0.05) is 18.5 Å². The Morgan fingerprint density at radius 2 is 2.22 bits per heavy atom. The highest BCUT2D eigenvalue weighted by Crippen LogP contribution is 2.27. The van der Waals surface area contributed by atoms with Gasteiger partial charge in [-0.15, -0.1) is 0 Å². The van der Waals surface area contributed by atoms with Gasteiger partial charge in [0, 0.05) is 17.5 Å². The Hall–Kier alpha value is -1.26. The van der Waals surface area contributed by atoms with Gasteiger partial charge >= 0.3 is 0 Å². The van der Waals surface area contributed by atoms with Gasteiger partial charge in [-0.2, -0.15) is 0 Å². The van der Waals surface area contributed by atoms with Crippen molar-refractivity contribution in [2.75, 3.05) is 19.0 Å². The highest BCUT2D eigenvalue weighted by Gasteiger charge is 2.11. The Kier molecular flexibility index (Phi) is 5.95. The van der Waals surface area contributed by atoms with E-state index in [9.17, 15) is 4.79 Å². The minimum atomic E-state index is -0.0657. The average Bonchev–Trinajstić information content (AvgIpc) is 2.29. The molecule has 1 unspecified atom stereocenters. The van der Waals surface area contributed by atoms with Crippen LogP contribution in [-0.4, -0.2) is 25.6 Å². The average molecular weight is 271 g/mol. The first kappa shape index (κ1) is 14.8. The van der Waals surface area contributed by atoms with Crippen molar-refractivity contribution in [2.45, 2.75) is 26.3 Å². The molecule has 1 aromatic carbocycles. The van der Waals surface area contributed by atoms with E-state index in [1.54, 1.807) is 25.3 Å². The lowest BCUT2D eigenvalue weighted by Gasteiger charge is -2.14. The van der Waals surface area contributed by atoms with E-state index in [0.29, 0.717) is 22.9 Å². The maximum atomic E-state index is 11.8. The topological polar surface area (TPSA) is 50.4 Å². The van der Waals surface area contributed by atoms with E-state index < -0.39 is 0 Å². The molecule has 0 aliphatic heterocycles. The van der Waals surface area contributed by atoms with Crippen molar-refractivity contribution in [3.63, 3.8) is 0 Å². The third kappa shape index (κ3) is 4.55. The normalized spacial score (nSPS) is 12.0. The molecule has 0 heterocycles. The van der Waals surface area contributed by atoms with Gasteiger partial charge in [0.25, 0.3) is 0 Å². The second kappa shape index (κ2) is 7.24. The largest absolute Gasteiger partial charge is 0.495 e. The zero-order chi connectivity index (χ0) is 13.5. The summed E-state index contributed by atoms with van der Waals surface area (Å²) in [5, 5.41) is 6.55. The van der Waals surface area contributed by atoms with Gasteiger partial charge in [0.05, 0.1) is 12.8 Å². The molecule has 1 aromatic rings. The lowest BCUT2D eigenvalue weighted by Crippen LogP contribution is -2.30.